The van der Waals surface area contributed by atoms with Crippen LogP contribution in [-0.2, 0) is 0 Å². The Bertz CT molecular complexity index is 416. The summed E-state index contributed by atoms with van der Waals surface area (Å²) >= 11 is 0. The zero-order chi connectivity index (χ0) is 13.8. The average Bonchev–Trinajstić information content (AvgIpc) is 2.36. The van der Waals surface area contributed by atoms with Crippen LogP contribution in [0.2, 0.25) is 0 Å². The maximum Gasteiger partial charge on any atom is 0.274 e. The van der Waals surface area contributed by atoms with Gasteiger partial charge >= 0.3 is 0 Å². The van der Waals surface area contributed by atoms with Crippen LogP contribution in [0, 0.1) is 15.5 Å². The molecule has 4 heteroatoms. The number of nitrogens with zero attached hydrogens (tertiary/aromatic N) is 1. The van der Waals surface area contributed by atoms with Crippen molar-refractivity contribution in [3.63, 3.8) is 0 Å². The second kappa shape index (κ2) is 5.96. The Morgan fingerprint density at radius 3 is 2.56 bits per heavy atom. The summed E-state index contributed by atoms with van der Waals surface area (Å²) in [6, 6.07) is 6.89. The summed E-state index contributed by atoms with van der Waals surface area (Å²) in [4.78, 5) is 10.6. The van der Waals surface area contributed by atoms with Crippen molar-refractivity contribution >= 4 is 5.69 Å². The monoisotopic (exact) mass is 250 g/mol. The highest BCUT2D eigenvalue weighted by molar-refractivity contribution is 5.41. The molecular weight excluding hydrogens is 228 g/mol. The van der Waals surface area contributed by atoms with E-state index in [1.165, 1.54) is 0 Å². The Hall–Kier alpha value is -1.42. The molecule has 0 heterocycles. The first kappa shape index (κ1) is 14.6. The molecular formula is C14H22N2O2. The summed E-state index contributed by atoms with van der Waals surface area (Å²) < 4.78 is 0. The first-order chi connectivity index (χ1) is 8.37. The fourth-order valence-electron chi connectivity index (χ4n) is 1.68. The fourth-order valence-corrected chi connectivity index (χ4v) is 1.68. The Kier molecular flexibility index (Phi) is 4.84. The number of rotatable bonds is 6. The first-order valence-corrected chi connectivity index (χ1v) is 6.34. The lowest BCUT2D eigenvalue weighted by atomic mass is 9.90. The Morgan fingerprint density at radius 2 is 2.00 bits per heavy atom. The van der Waals surface area contributed by atoms with E-state index in [9.17, 15) is 10.1 Å². The van der Waals surface area contributed by atoms with Gasteiger partial charge in [0.15, 0.2) is 0 Å². The SMILES string of the molecule is CCC(C)(C)CNC(C)c1ccccc1[N+](=O)[O-]. The van der Waals surface area contributed by atoms with E-state index < -0.39 is 0 Å². The summed E-state index contributed by atoms with van der Waals surface area (Å²) in [5, 5.41) is 14.3. The number of nitro groups is 1. The molecule has 1 rings (SSSR count). The van der Waals surface area contributed by atoms with Crippen LogP contribution in [0.1, 0.15) is 45.7 Å². The highest BCUT2D eigenvalue weighted by Crippen LogP contribution is 2.26. The molecule has 0 aliphatic rings. The molecule has 1 atom stereocenters. The van der Waals surface area contributed by atoms with Crippen LogP contribution in [0.3, 0.4) is 0 Å². The van der Waals surface area contributed by atoms with Gasteiger partial charge in [0, 0.05) is 24.2 Å². The van der Waals surface area contributed by atoms with Crippen LogP contribution < -0.4 is 5.32 Å². The van der Waals surface area contributed by atoms with E-state index in [1.807, 2.05) is 19.1 Å². The van der Waals surface area contributed by atoms with Crippen molar-refractivity contribution in [2.75, 3.05) is 6.54 Å². The van der Waals surface area contributed by atoms with Gasteiger partial charge < -0.3 is 5.32 Å². The largest absolute Gasteiger partial charge is 0.309 e. The topological polar surface area (TPSA) is 55.2 Å². The first-order valence-electron chi connectivity index (χ1n) is 6.34. The van der Waals surface area contributed by atoms with Gasteiger partial charge in [0.1, 0.15) is 0 Å². The molecule has 1 aromatic carbocycles. The molecule has 100 valence electrons. The molecule has 18 heavy (non-hydrogen) atoms. The Balaban J connectivity index is 2.79. The van der Waals surface area contributed by atoms with Crippen LogP contribution in [0.4, 0.5) is 5.69 Å². The smallest absolute Gasteiger partial charge is 0.274 e. The molecule has 1 N–H and O–H groups in total. The molecule has 1 unspecified atom stereocenters. The lowest BCUT2D eigenvalue weighted by Gasteiger charge is -2.25. The molecule has 0 aliphatic heterocycles. The standard InChI is InChI=1S/C14H22N2O2/c1-5-14(3,4)10-15-11(2)12-8-6-7-9-13(12)16(17)18/h6-9,11,15H,5,10H2,1-4H3. The van der Waals surface area contributed by atoms with E-state index in [-0.39, 0.29) is 22.1 Å². The van der Waals surface area contributed by atoms with Crippen molar-refractivity contribution in [3.8, 4) is 0 Å². The molecule has 0 aromatic heterocycles. The van der Waals surface area contributed by atoms with Gasteiger partial charge in [0.25, 0.3) is 5.69 Å². The van der Waals surface area contributed by atoms with E-state index in [2.05, 4.69) is 26.1 Å². The van der Waals surface area contributed by atoms with Gasteiger partial charge in [-0.1, -0.05) is 39.0 Å². The number of benzene rings is 1. The second-order valence-corrected chi connectivity index (χ2v) is 5.44. The van der Waals surface area contributed by atoms with Gasteiger partial charge in [-0.25, -0.2) is 0 Å². The van der Waals surface area contributed by atoms with E-state index in [0.29, 0.717) is 0 Å². The fraction of sp³-hybridized carbons (Fsp3) is 0.571. The Labute approximate surface area is 109 Å². The number of hydrogen-bond acceptors (Lipinski definition) is 3. The molecule has 0 fully saturated rings. The zero-order valence-electron chi connectivity index (χ0n) is 11.6. The van der Waals surface area contributed by atoms with E-state index >= 15 is 0 Å². The summed E-state index contributed by atoms with van der Waals surface area (Å²) in [7, 11) is 0. The maximum atomic E-state index is 11.0. The van der Waals surface area contributed by atoms with Crippen molar-refractivity contribution in [1.82, 2.24) is 5.32 Å². The van der Waals surface area contributed by atoms with Crippen molar-refractivity contribution in [1.29, 1.82) is 0 Å². The highest BCUT2D eigenvalue weighted by Gasteiger charge is 2.20. The van der Waals surface area contributed by atoms with Crippen LogP contribution in [-0.4, -0.2) is 11.5 Å². The van der Waals surface area contributed by atoms with Gasteiger partial charge in [-0.15, -0.1) is 0 Å². The van der Waals surface area contributed by atoms with Crippen molar-refractivity contribution in [2.24, 2.45) is 5.41 Å². The van der Waals surface area contributed by atoms with Crippen molar-refractivity contribution < 1.29 is 4.92 Å². The number of hydrogen-bond donors (Lipinski definition) is 1. The van der Waals surface area contributed by atoms with Gasteiger partial charge in [-0.05, 0) is 18.8 Å². The molecule has 1 aromatic rings. The Morgan fingerprint density at radius 1 is 1.39 bits per heavy atom. The molecule has 0 radical (unpaired) electrons. The molecule has 0 amide bonds. The maximum absolute atomic E-state index is 11.0. The number of nitrogens with one attached hydrogen (secondary N) is 1. The summed E-state index contributed by atoms with van der Waals surface area (Å²) in [5.74, 6) is 0. The molecule has 4 nitrogen and oxygen atoms in total. The highest BCUT2D eigenvalue weighted by atomic mass is 16.6. The van der Waals surface area contributed by atoms with Crippen LogP contribution in [0.25, 0.3) is 0 Å². The lowest BCUT2D eigenvalue weighted by Crippen LogP contribution is -2.31. The summed E-state index contributed by atoms with van der Waals surface area (Å²) in [6.45, 7) is 9.33. The third-order valence-corrected chi connectivity index (χ3v) is 3.44. The van der Waals surface area contributed by atoms with Crippen LogP contribution in [0.15, 0.2) is 24.3 Å². The molecule has 0 bridgehead atoms. The minimum Gasteiger partial charge on any atom is -0.309 e. The molecule has 0 aliphatic carbocycles. The van der Waals surface area contributed by atoms with Crippen molar-refractivity contribution in [2.45, 2.75) is 40.2 Å². The van der Waals surface area contributed by atoms with Gasteiger partial charge in [0.05, 0.1) is 4.92 Å². The quantitative estimate of drug-likeness (QED) is 0.619. The normalized spacial score (nSPS) is 13.3. The predicted molar refractivity (Wildman–Crippen MR) is 73.6 cm³/mol. The molecule has 0 saturated heterocycles. The number of para-hydroxylation sites is 1. The average molecular weight is 250 g/mol. The van der Waals surface area contributed by atoms with E-state index in [4.69, 9.17) is 0 Å². The molecule has 0 spiro atoms. The van der Waals surface area contributed by atoms with Gasteiger partial charge in [0.2, 0.25) is 0 Å². The van der Waals surface area contributed by atoms with E-state index in [1.54, 1.807) is 12.1 Å². The second-order valence-electron chi connectivity index (χ2n) is 5.44. The third kappa shape index (κ3) is 3.81. The summed E-state index contributed by atoms with van der Waals surface area (Å²) in [5.41, 5.74) is 1.14. The van der Waals surface area contributed by atoms with E-state index in [0.717, 1.165) is 18.5 Å². The van der Waals surface area contributed by atoms with Gasteiger partial charge in [-0.2, -0.15) is 0 Å². The summed E-state index contributed by atoms with van der Waals surface area (Å²) in [6.07, 6.45) is 1.07. The minimum absolute atomic E-state index is 0.0163. The van der Waals surface area contributed by atoms with Crippen molar-refractivity contribution in [3.05, 3.63) is 39.9 Å². The van der Waals surface area contributed by atoms with Gasteiger partial charge in [-0.3, -0.25) is 10.1 Å². The molecule has 0 saturated carbocycles. The third-order valence-electron chi connectivity index (χ3n) is 3.44. The zero-order valence-corrected chi connectivity index (χ0v) is 11.6. The minimum atomic E-state index is -0.321. The van der Waals surface area contributed by atoms with Crippen LogP contribution >= 0.6 is 0 Å². The number of nitro benzene ring substituents is 1. The van der Waals surface area contributed by atoms with Crippen LogP contribution in [0.5, 0.6) is 0 Å². The lowest BCUT2D eigenvalue weighted by molar-refractivity contribution is -0.385. The predicted octanol–water partition coefficient (Wildman–Crippen LogP) is 3.68.